The van der Waals surface area contributed by atoms with E-state index >= 15 is 0 Å². The number of aromatic amines is 1. The Bertz CT molecular complexity index is 1740. The van der Waals surface area contributed by atoms with Gasteiger partial charge in [0.05, 0.1) is 18.8 Å². The van der Waals surface area contributed by atoms with E-state index in [1.165, 1.54) is 24.2 Å². The minimum atomic E-state index is -0.569. The summed E-state index contributed by atoms with van der Waals surface area (Å²) in [7, 11) is 3.01. The molecule has 0 aliphatic carbocycles. The Balaban J connectivity index is 1.43. The van der Waals surface area contributed by atoms with E-state index in [-0.39, 0.29) is 5.91 Å². The number of imidazole rings is 1. The predicted octanol–water partition coefficient (Wildman–Crippen LogP) is 5.99. The van der Waals surface area contributed by atoms with E-state index in [9.17, 15) is 9.59 Å². The van der Waals surface area contributed by atoms with E-state index in [0.717, 1.165) is 11.1 Å². The van der Waals surface area contributed by atoms with Crippen LogP contribution in [0, 0.1) is 0 Å². The molecule has 0 fully saturated rings. The second-order valence-electron chi connectivity index (χ2n) is 9.42. The van der Waals surface area contributed by atoms with Crippen LogP contribution in [0.5, 0.6) is 0 Å². The summed E-state index contributed by atoms with van der Waals surface area (Å²) in [5, 5.41) is 14.8. The molecule has 3 aromatic carbocycles. The first-order chi connectivity index (χ1) is 20.8. The number of tetrazole rings is 1. The summed E-state index contributed by atoms with van der Waals surface area (Å²) in [6, 6.07) is 21.6. The van der Waals surface area contributed by atoms with E-state index < -0.39 is 12.1 Å². The Kier molecular flexibility index (Phi) is 9.14. The lowest BCUT2D eigenvalue weighted by Gasteiger charge is -2.26. The number of amides is 2. The van der Waals surface area contributed by atoms with Crippen molar-refractivity contribution in [1.82, 2.24) is 35.1 Å². The molecule has 13 heteroatoms. The van der Waals surface area contributed by atoms with Crippen molar-refractivity contribution in [2.75, 3.05) is 19.5 Å². The molecule has 2 heterocycles. The molecule has 0 radical (unpaired) electrons. The number of anilines is 1. The number of carbonyl (C=O) groups is 2. The second kappa shape index (κ2) is 13.3. The second-order valence-corrected chi connectivity index (χ2v) is 10.2. The standard InChI is InChI=1S/C30H26Cl2N8O3/c1-39(26(41)15-10-21-17-22(31)11-14-24(21)40-18-33-37-38-40)25(16-19-6-4-3-5-7-19)29-35-27(28(32)36-29)20-8-12-23(13-9-20)34-30(42)43-2/h3-15,17-18,25H,16H2,1-2H3,(H,34,42)(H,35,36)/b15-10+/t25-/m0/s1. The molecule has 0 bridgehead atoms. The molecule has 2 aromatic heterocycles. The van der Waals surface area contributed by atoms with E-state index in [1.807, 2.05) is 30.3 Å². The summed E-state index contributed by atoms with van der Waals surface area (Å²) in [5.41, 5.74) is 4.14. The number of rotatable bonds is 9. The number of halogens is 2. The maximum atomic E-state index is 13.6. The first-order valence-corrected chi connectivity index (χ1v) is 13.8. The maximum absolute atomic E-state index is 13.6. The number of likely N-dealkylation sites (N-methyl/N-ethyl adjacent to an activating group) is 1. The molecule has 43 heavy (non-hydrogen) atoms. The monoisotopic (exact) mass is 616 g/mol. The highest BCUT2D eigenvalue weighted by Gasteiger charge is 2.26. The van der Waals surface area contributed by atoms with Gasteiger partial charge in [-0.15, -0.1) is 5.10 Å². The quantitative estimate of drug-likeness (QED) is 0.194. The number of hydrogen-bond donors (Lipinski definition) is 2. The molecular formula is C30H26Cl2N8O3. The third-order valence-electron chi connectivity index (χ3n) is 6.66. The molecule has 0 saturated heterocycles. The number of methoxy groups -OCH3 is 1. The summed E-state index contributed by atoms with van der Waals surface area (Å²) in [5.74, 6) is 0.248. The van der Waals surface area contributed by atoms with Gasteiger partial charge in [-0.1, -0.05) is 65.7 Å². The van der Waals surface area contributed by atoms with Gasteiger partial charge in [0.25, 0.3) is 0 Å². The van der Waals surface area contributed by atoms with Crippen molar-refractivity contribution in [3.05, 3.63) is 112 Å². The summed E-state index contributed by atoms with van der Waals surface area (Å²) >= 11 is 12.9. The van der Waals surface area contributed by atoms with Crippen LogP contribution in [-0.4, -0.2) is 61.2 Å². The van der Waals surface area contributed by atoms with Gasteiger partial charge >= 0.3 is 6.09 Å². The summed E-state index contributed by atoms with van der Waals surface area (Å²) < 4.78 is 6.13. The molecule has 2 amide bonds. The Hall–Kier alpha value is -5.00. The number of aromatic nitrogens is 6. The smallest absolute Gasteiger partial charge is 0.411 e. The SMILES string of the molecule is COC(=O)Nc1ccc(-c2nc([C@H](Cc3ccccc3)N(C)C(=O)/C=C/c3cc(Cl)ccc3-n3cnnn3)[nH]c2Cl)cc1. The molecule has 5 rings (SSSR count). The van der Waals surface area contributed by atoms with Gasteiger partial charge in [0.15, 0.2) is 0 Å². The number of nitrogens with zero attached hydrogens (tertiary/aromatic N) is 6. The molecule has 11 nitrogen and oxygen atoms in total. The minimum absolute atomic E-state index is 0.268. The van der Waals surface area contributed by atoms with Crippen LogP contribution in [0.3, 0.4) is 0 Å². The van der Waals surface area contributed by atoms with Crippen molar-refractivity contribution in [3.8, 4) is 16.9 Å². The van der Waals surface area contributed by atoms with Crippen LogP contribution in [0.15, 0.2) is 85.2 Å². The van der Waals surface area contributed by atoms with E-state index in [0.29, 0.717) is 45.1 Å². The van der Waals surface area contributed by atoms with E-state index in [4.69, 9.17) is 28.2 Å². The van der Waals surface area contributed by atoms with Crippen LogP contribution in [-0.2, 0) is 16.0 Å². The number of hydrogen-bond acceptors (Lipinski definition) is 7. The van der Waals surface area contributed by atoms with Crippen LogP contribution in [0.4, 0.5) is 10.5 Å². The Morgan fingerprint density at radius 1 is 1.09 bits per heavy atom. The van der Waals surface area contributed by atoms with Crippen LogP contribution in [0.2, 0.25) is 10.2 Å². The average molecular weight is 617 g/mol. The highest BCUT2D eigenvalue weighted by atomic mass is 35.5. The zero-order valence-corrected chi connectivity index (χ0v) is 24.6. The number of carbonyl (C=O) groups excluding carboxylic acids is 2. The summed E-state index contributed by atoms with van der Waals surface area (Å²) in [6.45, 7) is 0. The van der Waals surface area contributed by atoms with Crippen molar-refractivity contribution in [2.24, 2.45) is 0 Å². The lowest BCUT2D eigenvalue weighted by atomic mass is 10.0. The van der Waals surface area contributed by atoms with E-state index in [2.05, 4.69) is 30.6 Å². The lowest BCUT2D eigenvalue weighted by molar-refractivity contribution is -0.127. The van der Waals surface area contributed by atoms with Gasteiger partial charge < -0.3 is 14.6 Å². The first kappa shape index (κ1) is 29.5. The van der Waals surface area contributed by atoms with Crippen LogP contribution < -0.4 is 5.32 Å². The topological polar surface area (TPSA) is 131 Å². The Labute approximate surface area is 257 Å². The molecule has 0 saturated carbocycles. The van der Waals surface area contributed by atoms with Crippen LogP contribution in [0.1, 0.15) is 23.0 Å². The van der Waals surface area contributed by atoms with Gasteiger partial charge in [-0.3, -0.25) is 10.1 Å². The molecule has 1 atom stereocenters. The average Bonchev–Trinajstić information content (AvgIpc) is 3.69. The molecular weight excluding hydrogens is 591 g/mol. The third kappa shape index (κ3) is 7.08. The summed E-state index contributed by atoms with van der Waals surface area (Å²) in [6.07, 6.45) is 4.52. The number of H-pyrrole nitrogens is 1. The Morgan fingerprint density at radius 2 is 1.86 bits per heavy atom. The molecule has 218 valence electrons. The Morgan fingerprint density at radius 3 is 2.56 bits per heavy atom. The molecule has 0 unspecified atom stereocenters. The van der Waals surface area contributed by atoms with E-state index in [1.54, 1.807) is 60.5 Å². The predicted molar refractivity (Wildman–Crippen MR) is 164 cm³/mol. The highest BCUT2D eigenvalue weighted by Crippen LogP contribution is 2.31. The largest absolute Gasteiger partial charge is 0.453 e. The van der Waals surface area contributed by atoms with Gasteiger partial charge in [0, 0.05) is 41.4 Å². The maximum Gasteiger partial charge on any atom is 0.411 e. The number of nitrogens with one attached hydrogen (secondary N) is 2. The minimum Gasteiger partial charge on any atom is -0.453 e. The fourth-order valence-corrected chi connectivity index (χ4v) is 4.85. The van der Waals surface area contributed by atoms with Gasteiger partial charge in [-0.2, -0.15) is 4.68 Å². The van der Waals surface area contributed by atoms with Crippen molar-refractivity contribution >= 4 is 47.0 Å². The zero-order valence-electron chi connectivity index (χ0n) is 23.1. The molecule has 0 aliphatic rings. The summed E-state index contributed by atoms with van der Waals surface area (Å²) in [4.78, 5) is 34.7. The molecule has 0 spiro atoms. The van der Waals surface area contributed by atoms with Crippen molar-refractivity contribution in [1.29, 1.82) is 0 Å². The first-order valence-electron chi connectivity index (χ1n) is 13.0. The highest BCUT2D eigenvalue weighted by molar-refractivity contribution is 6.32. The van der Waals surface area contributed by atoms with Gasteiger partial charge in [0.1, 0.15) is 23.0 Å². The van der Waals surface area contributed by atoms with Crippen LogP contribution >= 0.6 is 23.2 Å². The van der Waals surface area contributed by atoms with Gasteiger partial charge in [-0.05, 0) is 52.4 Å². The number of benzene rings is 3. The van der Waals surface area contributed by atoms with Crippen molar-refractivity contribution in [3.63, 3.8) is 0 Å². The van der Waals surface area contributed by atoms with Crippen molar-refractivity contribution < 1.29 is 14.3 Å². The zero-order chi connectivity index (χ0) is 30.3. The van der Waals surface area contributed by atoms with Gasteiger partial charge in [0.2, 0.25) is 5.91 Å². The lowest BCUT2D eigenvalue weighted by Crippen LogP contribution is -2.32. The molecule has 5 aromatic rings. The normalized spacial score (nSPS) is 11.8. The molecule has 2 N–H and O–H groups in total. The van der Waals surface area contributed by atoms with Crippen LogP contribution in [0.25, 0.3) is 23.0 Å². The van der Waals surface area contributed by atoms with Crippen molar-refractivity contribution in [2.45, 2.75) is 12.5 Å². The fourth-order valence-electron chi connectivity index (χ4n) is 4.42. The molecule has 0 aliphatic heterocycles. The number of ether oxygens (including phenoxy) is 1. The third-order valence-corrected chi connectivity index (χ3v) is 7.17. The van der Waals surface area contributed by atoms with Gasteiger partial charge in [-0.25, -0.2) is 9.78 Å². The fraction of sp³-hybridized carbons (Fsp3) is 0.133.